The molecule has 0 spiro atoms. The molecule has 0 unspecified atom stereocenters. The first kappa shape index (κ1) is 14.5. The molecule has 0 bridgehead atoms. The van der Waals surface area contributed by atoms with E-state index in [9.17, 15) is 0 Å². The first-order valence-electron chi connectivity index (χ1n) is 5.97. The summed E-state index contributed by atoms with van der Waals surface area (Å²) in [7, 11) is 0. The largest absolute Gasteiger partial charge is 0.425 e. The molecule has 0 radical (unpaired) electrons. The lowest BCUT2D eigenvalue weighted by atomic mass is 10.3. The van der Waals surface area contributed by atoms with E-state index in [1.807, 2.05) is 24.3 Å². The number of halogens is 1. The molecular formula is C12H10BrN5OS2. The minimum Gasteiger partial charge on any atom is -0.425 e. The van der Waals surface area contributed by atoms with Gasteiger partial charge in [0.05, 0.1) is 5.75 Å². The molecule has 9 heteroatoms. The molecule has 0 fully saturated rings. The fraction of sp³-hybridized carbons (Fsp3) is 0.167. The Balaban J connectivity index is 1.61. The van der Waals surface area contributed by atoms with Crippen molar-refractivity contribution in [2.75, 3.05) is 5.32 Å². The third-order valence-electron chi connectivity index (χ3n) is 2.37. The van der Waals surface area contributed by atoms with Crippen LogP contribution in [0.4, 0.5) is 10.8 Å². The summed E-state index contributed by atoms with van der Waals surface area (Å²) in [6.45, 7) is 1.77. The first-order chi connectivity index (χ1) is 10.2. The highest BCUT2D eigenvalue weighted by atomic mass is 79.9. The van der Waals surface area contributed by atoms with Gasteiger partial charge in [0.1, 0.15) is 0 Å². The predicted octanol–water partition coefficient (Wildman–Crippen LogP) is 4.03. The second-order valence-corrected chi connectivity index (χ2v) is 7.13. The van der Waals surface area contributed by atoms with Gasteiger partial charge in [-0.3, -0.25) is 0 Å². The molecule has 0 aliphatic rings. The Morgan fingerprint density at radius 1 is 1.29 bits per heavy atom. The number of hydrogen-bond acceptors (Lipinski definition) is 8. The third kappa shape index (κ3) is 4.02. The van der Waals surface area contributed by atoms with Crippen LogP contribution in [0.1, 0.15) is 11.8 Å². The second kappa shape index (κ2) is 6.54. The topological polar surface area (TPSA) is 76.7 Å². The lowest BCUT2D eigenvalue weighted by Crippen LogP contribution is -1.88. The number of aromatic nitrogens is 4. The van der Waals surface area contributed by atoms with Crippen LogP contribution < -0.4 is 5.32 Å². The van der Waals surface area contributed by atoms with Gasteiger partial charge in [0, 0.05) is 17.1 Å². The molecule has 0 aliphatic carbocycles. The Morgan fingerprint density at radius 2 is 2.19 bits per heavy atom. The first-order valence-corrected chi connectivity index (χ1v) is 8.56. The quantitative estimate of drug-likeness (QED) is 0.666. The highest BCUT2D eigenvalue weighted by Crippen LogP contribution is 2.30. The molecule has 3 aromatic rings. The van der Waals surface area contributed by atoms with Crippen LogP contribution in [0.15, 0.2) is 37.5 Å². The minimum absolute atomic E-state index is 0.569. The van der Waals surface area contributed by atoms with E-state index in [-0.39, 0.29) is 0 Å². The highest BCUT2D eigenvalue weighted by Gasteiger charge is 2.08. The second-order valence-electron chi connectivity index (χ2n) is 4.01. The number of anilines is 2. The normalized spacial score (nSPS) is 10.8. The van der Waals surface area contributed by atoms with Gasteiger partial charge in [-0.25, -0.2) is 0 Å². The van der Waals surface area contributed by atoms with E-state index < -0.39 is 0 Å². The smallest absolute Gasteiger partial charge is 0.226 e. The van der Waals surface area contributed by atoms with Crippen molar-refractivity contribution < 1.29 is 4.42 Å². The number of rotatable bonds is 5. The molecule has 0 aliphatic heterocycles. The van der Waals surface area contributed by atoms with Gasteiger partial charge >= 0.3 is 0 Å². The molecule has 0 atom stereocenters. The van der Waals surface area contributed by atoms with Crippen LogP contribution in [0.3, 0.4) is 0 Å². The van der Waals surface area contributed by atoms with Crippen molar-refractivity contribution >= 4 is 49.8 Å². The van der Waals surface area contributed by atoms with Gasteiger partial charge in [-0.15, -0.1) is 20.4 Å². The van der Waals surface area contributed by atoms with Gasteiger partial charge in [-0.1, -0.05) is 45.1 Å². The Hall–Kier alpha value is -1.45. The molecular weight excluding hydrogens is 374 g/mol. The van der Waals surface area contributed by atoms with Crippen LogP contribution in [0, 0.1) is 6.92 Å². The van der Waals surface area contributed by atoms with E-state index >= 15 is 0 Å². The molecule has 2 aromatic heterocycles. The minimum atomic E-state index is 0.569. The zero-order chi connectivity index (χ0) is 14.7. The Labute approximate surface area is 137 Å². The summed E-state index contributed by atoms with van der Waals surface area (Å²) in [5.41, 5.74) is 0.963. The number of nitrogens with zero attached hydrogens (tertiary/aromatic N) is 4. The van der Waals surface area contributed by atoms with Gasteiger partial charge in [-0.05, 0) is 18.2 Å². The van der Waals surface area contributed by atoms with E-state index in [0.717, 1.165) is 19.6 Å². The number of aryl methyl sites for hydroxylation is 1. The van der Waals surface area contributed by atoms with Gasteiger partial charge < -0.3 is 9.73 Å². The van der Waals surface area contributed by atoms with Crippen molar-refractivity contribution in [2.45, 2.75) is 17.0 Å². The van der Waals surface area contributed by atoms with E-state index in [1.165, 1.54) is 23.1 Å². The number of thioether (sulfide) groups is 1. The molecule has 21 heavy (non-hydrogen) atoms. The summed E-state index contributed by atoms with van der Waals surface area (Å²) in [6, 6.07) is 7.88. The van der Waals surface area contributed by atoms with Crippen LogP contribution in [0.5, 0.6) is 0 Å². The lowest BCUT2D eigenvalue weighted by molar-refractivity contribution is 0.485. The molecule has 0 saturated heterocycles. The van der Waals surface area contributed by atoms with Crippen LogP contribution in [-0.2, 0) is 5.75 Å². The van der Waals surface area contributed by atoms with Crippen molar-refractivity contribution in [1.29, 1.82) is 0 Å². The van der Waals surface area contributed by atoms with Crippen molar-refractivity contribution in [1.82, 2.24) is 20.4 Å². The standard InChI is InChI=1S/C12H10BrN5OS2/c1-7-15-16-10(19-7)6-20-12-18-17-11(21-12)14-9-4-2-3-8(13)5-9/h2-5H,6H2,1H3,(H,14,17). The zero-order valence-corrected chi connectivity index (χ0v) is 14.1. The maximum Gasteiger partial charge on any atom is 0.226 e. The summed E-state index contributed by atoms with van der Waals surface area (Å²) in [6.07, 6.45) is 0. The predicted molar refractivity (Wildman–Crippen MR) is 85.9 cm³/mol. The average Bonchev–Trinajstić information content (AvgIpc) is 3.06. The van der Waals surface area contributed by atoms with E-state index in [1.54, 1.807) is 6.92 Å². The van der Waals surface area contributed by atoms with Crippen LogP contribution in [-0.4, -0.2) is 20.4 Å². The summed E-state index contributed by atoms with van der Waals surface area (Å²) < 4.78 is 7.18. The van der Waals surface area contributed by atoms with Crippen LogP contribution in [0.25, 0.3) is 0 Å². The Morgan fingerprint density at radius 3 is 2.95 bits per heavy atom. The Kier molecular flexibility index (Phi) is 4.51. The Bertz CT molecular complexity index is 745. The van der Waals surface area contributed by atoms with Gasteiger partial charge in [-0.2, -0.15) is 0 Å². The monoisotopic (exact) mass is 383 g/mol. The molecule has 3 rings (SSSR count). The lowest BCUT2D eigenvalue weighted by Gasteiger charge is -2.01. The molecule has 0 saturated carbocycles. The highest BCUT2D eigenvalue weighted by molar-refractivity contribution is 9.10. The maximum atomic E-state index is 5.31. The number of benzene rings is 1. The average molecular weight is 384 g/mol. The summed E-state index contributed by atoms with van der Waals surface area (Å²) >= 11 is 6.44. The fourth-order valence-corrected chi connectivity index (χ4v) is 3.54. The number of hydrogen-bond donors (Lipinski definition) is 1. The summed E-state index contributed by atoms with van der Waals surface area (Å²) in [4.78, 5) is 0. The number of nitrogens with one attached hydrogen (secondary N) is 1. The van der Waals surface area contributed by atoms with Crippen molar-refractivity contribution in [3.63, 3.8) is 0 Å². The van der Waals surface area contributed by atoms with Crippen molar-refractivity contribution in [3.8, 4) is 0 Å². The van der Waals surface area contributed by atoms with E-state index in [4.69, 9.17) is 4.42 Å². The SMILES string of the molecule is Cc1nnc(CSc2nnc(Nc3cccc(Br)c3)s2)o1. The molecule has 1 aromatic carbocycles. The fourth-order valence-electron chi connectivity index (χ4n) is 1.53. The molecule has 2 heterocycles. The van der Waals surface area contributed by atoms with Gasteiger partial charge in [0.15, 0.2) is 4.34 Å². The van der Waals surface area contributed by atoms with Crippen molar-refractivity contribution in [2.24, 2.45) is 0 Å². The maximum absolute atomic E-state index is 5.31. The molecule has 6 nitrogen and oxygen atoms in total. The van der Waals surface area contributed by atoms with Gasteiger partial charge in [0.2, 0.25) is 16.9 Å². The van der Waals surface area contributed by atoms with Crippen LogP contribution in [0.2, 0.25) is 0 Å². The summed E-state index contributed by atoms with van der Waals surface area (Å²) in [5.74, 6) is 1.75. The molecule has 0 amide bonds. The van der Waals surface area contributed by atoms with E-state index in [0.29, 0.717) is 17.5 Å². The van der Waals surface area contributed by atoms with E-state index in [2.05, 4.69) is 41.6 Å². The van der Waals surface area contributed by atoms with Crippen molar-refractivity contribution in [3.05, 3.63) is 40.5 Å². The molecule has 108 valence electrons. The van der Waals surface area contributed by atoms with Crippen LogP contribution >= 0.6 is 39.0 Å². The zero-order valence-electron chi connectivity index (χ0n) is 10.9. The molecule has 1 N–H and O–H groups in total. The van der Waals surface area contributed by atoms with Gasteiger partial charge in [0.25, 0.3) is 0 Å². The summed E-state index contributed by atoms with van der Waals surface area (Å²) in [5, 5.41) is 19.9. The third-order valence-corrected chi connectivity index (χ3v) is 4.82.